The van der Waals surface area contributed by atoms with Crippen molar-refractivity contribution in [1.82, 2.24) is 0 Å². The van der Waals surface area contributed by atoms with Crippen molar-refractivity contribution in [3.63, 3.8) is 0 Å². The predicted molar refractivity (Wildman–Crippen MR) is 77.8 cm³/mol. The fourth-order valence-corrected chi connectivity index (χ4v) is 3.17. The summed E-state index contributed by atoms with van der Waals surface area (Å²) in [6.45, 7) is 1.78. The molecule has 112 valence electrons. The first-order valence-corrected chi connectivity index (χ1v) is 7.61. The molecule has 0 unspecified atom stereocenters. The van der Waals surface area contributed by atoms with Crippen LogP contribution >= 0.6 is 11.6 Å². The molecule has 0 atom stereocenters. The average molecular weight is 333 g/mol. The van der Waals surface area contributed by atoms with Gasteiger partial charge in [0.05, 0.1) is 10.7 Å². The van der Waals surface area contributed by atoms with Crippen LogP contribution in [0.25, 0.3) is 0 Å². The Kier molecular flexibility index (Phi) is 4.06. The number of aryl methyl sites for hydroxylation is 1. The molecule has 0 aliphatic carbocycles. The second-order valence-corrected chi connectivity index (χ2v) is 6.42. The summed E-state index contributed by atoms with van der Waals surface area (Å²) in [6.07, 6.45) is 0. The topological polar surface area (TPSA) is 72.2 Å². The van der Waals surface area contributed by atoms with E-state index in [-0.39, 0.29) is 10.7 Å². The van der Waals surface area contributed by atoms with Gasteiger partial charge in [-0.15, -0.1) is 0 Å². The second kappa shape index (κ2) is 5.50. The highest BCUT2D eigenvalue weighted by molar-refractivity contribution is 7.92. The summed E-state index contributed by atoms with van der Waals surface area (Å²) in [5.41, 5.74) is 5.22. The van der Waals surface area contributed by atoms with Gasteiger partial charge in [-0.3, -0.25) is 4.72 Å². The van der Waals surface area contributed by atoms with Crippen LogP contribution in [0.3, 0.4) is 0 Å². The van der Waals surface area contributed by atoms with E-state index in [2.05, 4.69) is 4.72 Å². The van der Waals surface area contributed by atoms with Gasteiger partial charge in [-0.2, -0.15) is 0 Å². The van der Waals surface area contributed by atoms with E-state index < -0.39 is 32.2 Å². The van der Waals surface area contributed by atoms with Gasteiger partial charge in [-0.25, -0.2) is 17.2 Å². The lowest BCUT2D eigenvalue weighted by molar-refractivity contribution is 0.557. The Balaban J connectivity index is 2.46. The zero-order valence-electron chi connectivity index (χ0n) is 10.8. The lowest BCUT2D eigenvalue weighted by Gasteiger charge is -2.11. The molecule has 2 aromatic rings. The highest BCUT2D eigenvalue weighted by Crippen LogP contribution is 2.28. The van der Waals surface area contributed by atoms with Gasteiger partial charge >= 0.3 is 0 Å². The summed E-state index contributed by atoms with van der Waals surface area (Å²) in [7, 11) is -4.27. The summed E-state index contributed by atoms with van der Waals surface area (Å²) in [6, 6.07) is 6.21. The molecule has 0 aromatic heterocycles. The van der Waals surface area contributed by atoms with Crippen LogP contribution in [0.15, 0.2) is 35.2 Å². The molecule has 0 fully saturated rings. The number of halogens is 3. The SMILES string of the molecule is Cc1ccc(NS(=O)(=O)c2ccc(F)c(N)c2F)c(Cl)c1. The maximum Gasteiger partial charge on any atom is 0.264 e. The highest BCUT2D eigenvalue weighted by atomic mass is 35.5. The van der Waals surface area contributed by atoms with E-state index in [0.29, 0.717) is 0 Å². The van der Waals surface area contributed by atoms with Gasteiger partial charge in [-0.05, 0) is 36.8 Å². The first-order chi connectivity index (χ1) is 9.72. The largest absolute Gasteiger partial charge is 0.394 e. The molecule has 21 heavy (non-hydrogen) atoms. The quantitative estimate of drug-likeness (QED) is 0.847. The molecule has 0 bridgehead atoms. The third-order valence-corrected chi connectivity index (χ3v) is 4.45. The normalized spacial score (nSPS) is 11.4. The summed E-state index contributed by atoms with van der Waals surface area (Å²) < 4.78 is 53.3. The first-order valence-electron chi connectivity index (χ1n) is 5.75. The highest BCUT2D eigenvalue weighted by Gasteiger charge is 2.23. The predicted octanol–water partition coefficient (Wildman–Crippen LogP) is 3.31. The number of rotatable bonds is 3. The molecule has 2 aromatic carbocycles. The van der Waals surface area contributed by atoms with Crippen LogP contribution < -0.4 is 10.5 Å². The molecule has 3 N–H and O–H groups in total. The third kappa shape index (κ3) is 3.08. The number of anilines is 2. The minimum absolute atomic E-state index is 0.0876. The van der Waals surface area contributed by atoms with Gasteiger partial charge in [-0.1, -0.05) is 17.7 Å². The minimum atomic E-state index is -4.27. The third-order valence-electron chi connectivity index (χ3n) is 2.75. The lowest BCUT2D eigenvalue weighted by Crippen LogP contribution is -2.16. The van der Waals surface area contributed by atoms with Crippen molar-refractivity contribution >= 4 is 33.0 Å². The fraction of sp³-hybridized carbons (Fsp3) is 0.0769. The van der Waals surface area contributed by atoms with E-state index >= 15 is 0 Å². The molecule has 0 saturated carbocycles. The molecule has 0 radical (unpaired) electrons. The van der Waals surface area contributed by atoms with E-state index in [0.717, 1.165) is 17.7 Å². The van der Waals surface area contributed by atoms with Gasteiger partial charge < -0.3 is 5.73 Å². The lowest BCUT2D eigenvalue weighted by atomic mass is 10.2. The van der Waals surface area contributed by atoms with E-state index in [4.69, 9.17) is 17.3 Å². The standard InChI is InChI=1S/C13H11ClF2N2O2S/c1-7-2-4-10(8(14)6-7)18-21(19,20)11-5-3-9(15)13(17)12(11)16/h2-6,18H,17H2,1H3. The van der Waals surface area contributed by atoms with E-state index in [1.807, 2.05) is 0 Å². The Morgan fingerprint density at radius 2 is 1.86 bits per heavy atom. The molecule has 0 saturated heterocycles. The van der Waals surface area contributed by atoms with Crippen molar-refractivity contribution in [1.29, 1.82) is 0 Å². The van der Waals surface area contributed by atoms with E-state index in [9.17, 15) is 17.2 Å². The fourth-order valence-electron chi connectivity index (χ4n) is 1.66. The van der Waals surface area contributed by atoms with Crippen molar-refractivity contribution < 1.29 is 17.2 Å². The second-order valence-electron chi connectivity index (χ2n) is 4.36. The van der Waals surface area contributed by atoms with E-state index in [1.54, 1.807) is 19.1 Å². The van der Waals surface area contributed by atoms with Crippen LogP contribution in [-0.2, 0) is 10.0 Å². The summed E-state index contributed by atoms with van der Waals surface area (Å²) in [5, 5.41) is 0.161. The molecule has 0 aliphatic rings. The zero-order valence-corrected chi connectivity index (χ0v) is 12.4. The molecule has 0 heterocycles. The van der Waals surface area contributed by atoms with Crippen LogP contribution in [0.5, 0.6) is 0 Å². The molecular formula is C13H11ClF2N2O2S. The number of nitrogens with two attached hydrogens (primary N) is 1. The Hall–Kier alpha value is -1.86. The summed E-state index contributed by atoms with van der Waals surface area (Å²) >= 11 is 5.91. The van der Waals surface area contributed by atoms with Gasteiger partial charge in [0.2, 0.25) is 0 Å². The Morgan fingerprint density at radius 1 is 1.19 bits per heavy atom. The minimum Gasteiger partial charge on any atom is -0.394 e. The first kappa shape index (κ1) is 15.5. The molecule has 0 aliphatic heterocycles. The molecule has 0 spiro atoms. The average Bonchev–Trinajstić information content (AvgIpc) is 2.39. The van der Waals surface area contributed by atoms with Crippen molar-refractivity contribution in [3.8, 4) is 0 Å². The number of benzene rings is 2. The van der Waals surface area contributed by atoms with Crippen molar-refractivity contribution in [2.75, 3.05) is 10.5 Å². The van der Waals surface area contributed by atoms with Gasteiger partial charge in [0.15, 0.2) is 5.82 Å². The smallest absolute Gasteiger partial charge is 0.264 e. The number of nitrogen functional groups attached to an aromatic ring is 1. The van der Waals surface area contributed by atoms with Crippen molar-refractivity contribution in [2.24, 2.45) is 0 Å². The van der Waals surface area contributed by atoms with Gasteiger partial charge in [0.25, 0.3) is 10.0 Å². The maximum absolute atomic E-state index is 13.8. The molecule has 8 heteroatoms. The van der Waals surface area contributed by atoms with Crippen LogP contribution in [0.1, 0.15) is 5.56 Å². The maximum atomic E-state index is 13.8. The van der Waals surface area contributed by atoms with Crippen LogP contribution in [0, 0.1) is 18.6 Å². The van der Waals surface area contributed by atoms with Gasteiger partial charge in [0, 0.05) is 0 Å². The Bertz CT molecular complexity index is 810. The molecule has 0 amide bonds. The van der Waals surface area contributed by atoms with E-state index in [1.165, 1.54) is 6.07 Å². The molecular weight excluding hydrogens is 322 g/mol. The Morgan fingerprint density at radius 3 is 2.48 bits per heavy atom. The van der Waals surface area contributed by atoms with Crippen LogP contribution in [0.2, 0.25) is 5.02 Å². The summed E-state index contributed by atoms with van der Waals surface area (Å²) in [5.74, 6) is -2.37. The summed E-state index contributed by atoms with van der Waals surface area (Å²) in [4.78, 5) is -0.752. The Labute approximate surface area is 125 Å². The zero-order chi connectivity index (χ0) is 15.8. The molecule has 2 rings (SSSR count). The van der Waals surface area contributed by atoms with Crippen molar-refractivity contribution in [2.45, 2.75) is 11.8 Å². The monoisotopic (exact) mass is 332 g/mol. The number of hydrogen-bond acceptors (Lipinski definition) is 3. The van der Waals surface area contributed by atoms with Crippen LogP contribution in [-0.4, -0.2) is 8.42 Å². The number of hydrogen-bond donors (Lipinski definition) is 2. The molecule has 4 nitrogen and oxygen atoms in total. The van der Waals surface area contributed by atoms with Crippen LogP contribution in [0.4, 0.5) is 20.2 Å². The number of nitrogens with one attached hydrogen (secondary N) is 1. The number of sulfonamides is 1. The van der Waals surface area contributed by atoms with Gasteiger partial charge in [0.1, 0.15) is 16.4 Å². The van der Waals surface area contributed by atoms with Crippen molar-refractivity contribution in [3.05, 3.63) is 52.6 Å².